The van der Waals surface area contributed by atoms with Gasteiger partial charge < -0.3 is 10.2 Å². The van der Waals surface area contributed by atoms with Crippen molar-refractivity contribution in [1.82, 2.24) is 0 Å². The first-order valence-electron chi connectivity index (χ1n) is 4.66. The Labute approximate surface area is 89.7 Å². The SMILES string of the molecule is O=C1C(=O)c2cc(O)cc3cc(O)cc1c23. The van der Waals surface area contributed by atoms with Crippen LogP contribution in [0.1, 0.15) is 20.7 Å². The van der Waals surface area contributed by atoms with E-state index in [0.29, 0.717) is 10.8 Å². The van der Waals surface area contributed by atoms with E-state index < -0.39 is 11.6 Å². The van der Waals surface area contributed by atoms with Gasteiger partial charge in [0, 0.05) is 16.5 Å². The van der Waals surface area contributed by atoms with Crippen LogP contribution < -0.4 is 0 Å². The van der Waals surface area contributed by atoms with Gasteiger partial charge in [-0.05, 0) is 29.7 Å². The summed E-state index contributed by atoms with van der Waals surface area (Å²) in [6.45, 7) is 0. The summed E-state index contributed by atoms with van der Waals surface area (Å²) in [7, 11) is 0. The van der Waals surface area contributed by atoms with Crippen LogP contribution in [0.2, 0.25) is 0 Å². The third-order valence-corrected chi connectivity index (χ3v) is 2.71. The molecule has 0 saturated heterocycles. The molecule has 1 aliphatic carbocycles. The first kappa shape index (κ1) is 8.91. The maximum atomic E-state index is 11.6. The zero-order chi connectivity index (χ0) is 11.4. The van der Waals surface area contributed by atoms with Gasteiger partial charge in [-0.3, -0.25) is 9.59 Å². The lowest BCUT2D eigenvalue weighted by Gasteiger charge is -2.02. The maximum Gasteiger partial charge on any atom is 0.234 e. The van der Waals surface area contributed by atoms with Gasteiger partial charge in [0.1, 0.15) is 11.5 Å². The second-order valence-electron chi connectivity index (χ2n) is 3.74. The molecule has 0 atom stereocenters. The summed E-state index contributed by atoms with van der Waals surface area (Å²) in [6, 6.07) is 5.37. The van der Waals surface area contributed by atoms with Gasteiger partial charge in [0.2, 0.25) is 11.6 Å². The van der Waals surface area contributed by atoms with Gasteiger partial charge in [-0.15, -0.1) is 0 Å². The highest BCUT2D eigenvalue weighted by atomic mass is 16.3. The normalized spacial score (nSPS) is 13.8. The predicted molar refractivity (Wildman–Crippen MR) is 55.9 cm³/mol. The van der Waals surface area contributed by atoms with Crippen molar-refractivity contribution in [3.05, 3.63) is 35.4 Å². The van der Waals surface area contributed by atoms with Crippen LogP contribution in [0.5, 0.6) is 11.5 Å². The van der Waals surface area contributed by atoms with Gasteiger partial charge in [0.15, 0.2) is 0 Å². The number of carbonyl (C=O) groups excluding carboxylic acids is 2. The lowest BCUT2D eigenvalue weighted by molar-refractivity contribution is 0.0825. The molecule has 16 heavy (non-hydrogen) atoms. The first-order chi connectivity index (χ1) is 7.58. The number of carbonyl (C=O) groups is 2. The van der Waals surface area contributed by atoms with Crippen molar-refractivity contribution in [3.8, 4) is 11.5 Å². The number of phenols is 2. The number of phenolic OH excluding ortho intramolecular Hbond substituents is 2. The van der Waals surface area contributed by atoms with Crippen LogP contribution >= 0.6 is 0 Å². The number of Topliss-reactive ketones (excluding diaryl/α,β-unsaturated/α-hetero) is 2. The number of ketones is 2. The van der Waals surface area contributed by atoms with E-state index in [1.54, 1.807) is 0 Å². The van der Waals surface area contributed by atoms with Crippen LogP contribution in [0.15, 0.2) is 24.3 Å². The Bertz CT molecular complexity index is 616. The predicted octanol–water partition coefficient (Wildman–Crippen LogP) is 1.63. The molecule has 78 valence electrons. The Morgan fingerprint density at radius 1 is 0.750 bits per heavy atom. The van der Waals surface area contributed by atoms with E-state index in [0.717, 1.165) is 0 Å². The van der Waals surface area contributed by atoms with Gasteiger partial charge in [-0.2, -0.15) is 0 Å². The number of hydrogen-bond donors (Lipinski definition) is 2. The number of hydrogen-bond acceptors (Lipinski definition) is 4. The highest BCUT2D eigenvalue weighted by Crippen LogP contribution is 2.36. The largest absolute Gasteiger partial charge is 0.508 e. The van der Waals surface area contributed by atoms with Crippen molar-refractivity contribution < 1.29 is 19.8 Å². The van der Waals surface area contributed by atoms with Gasteiger partial charge >= 0.3 is 0 Å². The number of benzene rings is 2. The highest BCUT2D eigenvalue weighted by Gasteiger charge is 2.31. The van der Waals surface area contributed by atoms with E-state index in [4.69, 9.17) is 0 Å². The summed E-state index contributed by atoms with van der Waals surface area (Å²) in [4.78, 5) is 23.2. The molecule has 2 aromatic carbocycles. The molecule has 0 radical (unpaired) electrons. The molecule has 0 aromatic heterocycles. The minimum absolute atomic E-state index is 0.0953. The summed E-state index contributed by atoms with van der Waals surface area (Å²) in [5.74, 6) is -1.47. The van der Waals surface area contributed by atoms with Crippen LogP contribution in [0, 0.1) is 0 Å². The number of rotatable bonds is 0. The van der Waals surface area contributed by atoms with Crippen molar-refractivity contribution >= 4 is 22.3 Å². The van der Waals surface area contributed by atoms with Crippen molar-refractivity contribution in [2.24, 2.45) is 0 Å². The molecule has 2 N–H and O–H groups in total. The molecular weight excluding hydrogens is 208 g/mol. The molecule has 0 amide bonds. The quantitative estimate of drug-likeness (QED) is 0.653. The summed E-state index contributed by atoms with van der Waals surface area (Å²) in [6.07, 6.45) is 0. The van der Waals surface area contributed by atoms with Crippen molar-refractivity contribution in [3.63, 3.8) is 0 Å². The average Bonchev–Trinajstić information content (AvgIpc) is 2.44. The standard InChI is InChI=1S/C12H6O4/c13-6-1-5-2-7(14)4-9-10(5)8(3-6)11(15)12(9)16/h1-4,13-14H. The third-order valence-electron chi connectivity index (χ3n) is 2.71. The Hall–Kier alpha value is -2.36. The molecule has 0 fully saturated rings. The summed E-state index contributed by atoms with van der Waals surface area (Å²) < 4.78 is 0. The summed E-state index contributed by atoms with van der Waals surface area (Å²) in [5.41, 5.74) is 0.407. The lowest BCUT2D eigenvalue weighted by atomic mass is 10.0. The zero-order valence-corrected chi connectivity index (χ0v) is 8.02. The summed E-state index contributed by atoms with van der Waals surface area (Å²) in [5, 5.41) is 19.8. The Morgan fingerprint density at radius 2 is 1.19 bits per heavy atom. The molecule has 3 rings (SSSR count). The maximum absolute atomic E-state index is 11.6. The van der Waals surface area contributed by atoms with Gasteiger partial charge in [0.25, 0.3) is 0 Å². The van der Waals surface area contributed by atoms with Crippen molar-refractivity contribution in [2.75, 3.05) is 0 Å². The van der Waals surface area contributed by atoms with Crippen LogP contribution in [0.3, 0.4) is 0 Å². The molecule has 0 spiro atoms. The van der Waals surface area contributed by atoms with E-state index in [2.05, 4.69) is 0 Å². The van der Waals surface area contributed by atoms with Crippen LogP contribution in [0.4, 0.5) is 0 Å². The van der Waals surface area contributed by atoms with E-state index in [1.165, 1.54) is 24.3 Å². The molecule has 2 aromatic rings. The number of aromatic hydroxyl groups is 2. The van der Waals surface area contributed by atoms with Crippen molar-refractivity contribution in [2.45, 2.75) is 0 Å². The zero-order valence-electron chi connectivity index (χ0n) is 8.02. The Morgan fingerprint density at radius 3 is 1.62 bits per heavy atom. The second-order valence-corrected chi connectivity index (χ2v) is 3.74. The molecule has 4 nitrogen and oxygen atoms in total. The molecule has 0 aliphatic heterocycles. The molecular formula is C12H6O4. The fraction of sp³-hybridized carbons (Fsp3) is 0. The monoisotopic (exact) mass is 214 g/mol. The Kier molecular flexibility index (Phi) is 1.45. The smallest absolute Gasteiger partial charge is 0.234 e. The fourth-order valence-corrected chi connectivity index (χ4v) is 2.09. The second kappa shape index (κ2) is 2.61. The van der Waals surface area contributed by atoms with Gasteiger partial charge in [0.05, 0.1) is 0 Å². The lowest BCUT2D eigenvalue weighted by Crippen LogP contribution is -2.05. The molecule has 0 saturated carbocycles. The molecule has 0 bridgehead atoms. The van der Waals surface area contributed by atoms with Crippen LogP contribution in [-0.2, 0) is 0 Å². The highest BCUT2D eigenvalue weighted by molar-refractivity contribution is 6.57. The molecule has 4 heteroatoms. The van der Waals surface area contributed by atoms with Gasteiger partial charge in [-0.25, -0.2) is 0 Å². The minimum atomic E-state index is -0.637. The third kappa shape index (κ3) is 0.930. The first-order valence-corrected chi connectivity index (χ1v) is 4.66. The van der Waals surface area contributed by atoms with E-state index >= 15 is 0 Å². The average molecular weight is 214 g/mol. The van der Waals surface area contributed by atoms with E-state index in [-0.39, 0.29) is 22.6 Å². The topological polar surface area (TPSA) is 74.6 Å². The van der Waals surface area contributed by atoms with E-state index in [9.17, 15) is 19.8 Å². The fourth-order valence-electron chi connectivity index (χ4n) is 2.09. The molecule has 0 heterocycles. The molecule has 0 unspecified atom stereocenters. The van der Waals surface area contributed by atoms with Crippen molar-refractivity contribution in [1.29, 1.82) is 0 Å². The van der Waals surface area contributed by atoms with E-state index in [1.807, 2.05) is 0 Å². The molecule has 1 aliphatic rings. The minimum Gasteiger partial charge on any atom is -0.508 e. The summed E-state index contributed by atoms with van der Waals surface area (Å²) >= 11 is 0. The van der Waals surface area contributed by atoms with Crippen LogP contribution in [-0.4, -0.2) is 21.8 Å². The van der Waals surface area contributed by atoms with Gasteiger partial charge in [-0.1, -0.05) is 0 Å². The van der Waals surface area contributed by atoms with Crippen LogP contribution in [0.25, 0.3) is 10.8 Å². The Balaban J connectivity index is 2.59.